The van der Waals surface area contributed by atoms with Gasteiger partial charge < -0.3 is 5.43 Å². The maximum Gasteiger partial charge on any atom is 0.0820 e. The lowest BCUT2D eigenvalue weighted by atomic mass is 10.5. The van der Waals surface area contributed by atoms with Gasteiger partial charge in [-0.25, -0.2) is 0 Å². The number of allylic oxidation sites excluding steroid dienone is 2. The van der Waals surface area contributed by atoms with Crippen LogP contribution in [0, 0.1) is 0 Å². The second kappa shape index (κ2) is 2.02. The summed E-state index contributed by atoms with van der Waals surface area (Å²) in [5, 5.41) is 1.90. The van der Waals surface area contributed by atoms with Gasteiger partial charge in [0, 0.05) is 18.6 Å². The van der Waals surface area contributed by atoms with Crippen LogP contribution in [0.4, 0.5) is 0 Å². The summed E-state index contributed by atoms with van der Waals surface area (Å²) >= 11 is 0. The average molecular weight is 133 g/mol. The molecule has 0 radical (unpaired) electrons. The summed E-state index contributed by atoms with van der Waals surface area (Å²) in [6.07, 6.45) is 11.2. The number of aliphatic imine (C=N–C) groups is 1. The maximum atomic E-state index is 4.01. The molecule has 0 saturated heterocycles. The van der Waals surface area contributed by atoms with Gasteiger partial charge >= 0.3 is 0 Å². The summed E-state index contributed by atoms with van der Waals surface area (Å²) in [6.45, 7) is 0. The SMILES string of the molecule is C1=CN2NC=CC2=CN=C1. The van der Waals surface area contributed by atoms with E-state index in [1.807, 2.05) is 29.6 Å². The molecule has 2 aliphatic heterocycles. The van der Waals surface area contributed by atoms with Gasteiger partial charge in [0.2, 0.25) is 0 Å². The Bertz CT molecular complexity index is 248. The van der Waals surface area contributed by atoms with E-state index in [1.54, 1.807) is 12.4 Å². The van der Waals surface area contributed by atoms with Gasteiger partial charge in [0.25, 0.3) is 0 Å². The summed E-state index contributed by atoms with van der Waals surface area (Å²) in [4.78, 5) is 4.01. The molecule has 0 aromatic heterocycles. The second-order valence-electron chi connectivity index (χ2n) is 2.03. The molecule has 0 saturated carbocycles. The van der Waals surface area contributed by atoms with Gasteiger partial charge in [-0.1, -0.05) is 0 Å². The van der Waals surface area contributed by atoms with Crippen LogP contribution in [0.15, 0.2) is 41.4 Å². The van der Waals surface area contributed by atoms with E-state index < -0.39 is 0 Å². The number of hydrazine groups is 1. The third kappa shape index (κ3) is 0.719. The first kappa shape index (κ1) is 5.29. The molecule has 0 atom stereocenters. The summed E-state index contributed by atoms with van der Waals surface area (Å²) < 4.78 is 0. The summed E-state index contributed by atoms with van der Waals surface area (Å²) in [7, 11) is 0. The van der Waals surface area contributed by atoms with Crippen LogP contribution in [-0.2, 0) is 0 Å². The van der Waals surface area contributed by atoms with Gasteiger partial charge in [-0.3, -0.25) is 10.0 Å². The zero-order chi connectivity index (χ0) is 6.81. The molecule has 3 heteroatoms. The minimum absolute atomic E-state index is 1.06. The number of rotatable bonds is 0. The highest BCUT2D eigenvalue weighted by Crippen LogP contribution is 2.10. The number of nitrogens with one attached hydrogen (secondary N) is 1. The quantitative estimate of drug-likeness (QED) is 0.528. The Kier molecular flexibility index (Phi) is 1.07. The predicted molar refractivity (Wildman–Crippen MR) is 39.8 cm³/mol. The van der Waals surface area contributed by atoms with E-state index in [0.717, 1.165) is 5.70 Å². The molecule has 0 unspecified atom stereocenters. The van der Waals surface area contributed by atoms with Crippen LogP contribution in [0.5, 0.6) is 0 Å². The van der Waals surface area contributed by atoms with E-state index in [2.05, 4.69) is 10.4 Å². The lowest BCUT2D eigenvalue weighted by Crippen LogP contribution is -2.21. The van der Waals surface area contributed by atoms with Crippen molar-refractivity contribution in [1.29, 1.82) is 0 Å². The molecule has 0 amide bonds. The second-order valence-corrected chi connectivity index (χ2v) is 2.03. The fourth-order valence-corrected chi connectivity index (χ4v) is 0.886. The molecular weight excluding hydrogens is 126 g/mol. The van der Waals surface area contributed by atoms with Crippen LogP contribution in [0.3, 0.4) is 0 Å². The van der Waals surface area contributed by atoms with Crippen molar-refractivity contribution in [2.75, 3.05) is 0 Å². The molecule has 0 aromatic rings. The minimum Gasteiger partial charge on any atom is -0.302 e. The molecule has 2 rings (SSSR count). The molecule has 1 N–H and O–H groups in total. The van der Waals surface area contributed by atoms with Crippen LogP contribution >= 0.6 is 0 Å². The van der Waals surface area contributed by atoms with Gasteiger partial charge in [-0.15, -0.1) is 0 Å². The van der Waals surface area contributed by atoms with Crippen molar-refractivity contribution in [3.63, 3.8) is 0 Å². The number of hydrogen-bond acceptors (Lipinski definition) is 3. The molecule has 3 nitrogen and oxygen atoms in total. The highest BCUT2D eigenvalue weighted by Gasteiger charge is 2.06. The topological polar surface area (TPSA) is 27.6 Å². The third-order valence-corrected chi connectivity index (χ3v) is 1.36. The Balaban J connectivity index is 2.36. The molecule has 0 fully saturated rings. The van der Waals surface area contributed by atoms with Crippen molar-refractivity contribution in [2.24, 2.45) is 4.99 Å². The van der Waals surface area contributed by atoms with Crippen LogP contribution in [0.25, 0.3) is 0 Å². The van der Waals surface area contributed by atoms with Crippen LogP contribution in [0.2, 0.25) is 0 Å². The van der Waals surface area contributed by atoms with Crippen molar-refractivity contribution < 1.29 is 0 Å². The summed E-state index contributed by atoms with van der Waals surface area (Å²) in [5.41, 5.74) is 4.08. The van der Waals surface area contributed by atoms with Crippen molar-refractivity contribution in [3.05, 3.63) is 36.4 Å². The predicted octanol–water partition coefficient (Wildman–Crippen LogP) is 0.760. The van der Waals surface area contributed by atoms with Crippen molar-refractivity contribution in [3.8, 4) is 0 Å². The largest absolute Gasteiger partial charge is 0.302 e. The van der Waals surface area contributed by atoms with Crippen LogP contribution in [0.1, 0.15) is 0 Å². The fraction of sp³-hybridized carbons (Fsp3) is 0. The minimum atomic E-state index is 1.06. The molecule has 0 aliphatic carbocycles. The fourth-order valence-electron chi connectivity index (χ4n) is 0.886. The van der Waals surface area contributed by atoms with E-state index in [1.165, 1.54) is 0 Å². The molecule has 0 bridgehead atoms. The highest BCUT2D eigenvalue weighted by molar-refractivity contribution is 5.72. The lowest BCUT2D eigenvalue weighted by Gasteiger charge is -2.12. The Morgan fingerprint density at radius 3 is 3.50 bits per heavy atom. The normalized spacial score (nSPS) is 20.0. The van der Waals surface area contributed by atoms with Gasteiger partial charge in [-0.2, -0.15) is 0 Å². The average Bonchev–Trinajstić information content (AvgIpc) is 2.28. The van der Waals surface area contributed by atoms with Crippen LogP contribution in [-0.4, -0.2) is 11.2 Å². The van der Waals surface area contributed by atoms with Gasteiger partial charge in [0.05, 0.1) is 11.9 Å². The highest BCUT2D eigenvalue weighted by atomic mass is 15.5. The Morgan fingerprint density at radius 2 is 2.50 bits per heavy atom. The molecule has 2 heterocycles. The van der Waals surface area contributed by atoms with Gasteiger partial charge in [0.1, 0.15) is 0 Å². The van der Waals surface area contributed by atoms with Crippen LogP contribution < -0.4 is 5.43 Å². The molecule has 2 aliphatic rings. The molecular formula is C7H7N3. The van der Waals surface area contributed by atoms with Crippen molar-refractivity contribution >= 4 is 6.21 Å². The van der Waals surface area contributed by atoms with E-state index in [-0.39, 0.29) is 0 Å². The Labute approximate surface area is 59.0 Å². The molecule has 50 valence electrons. The lowest BCUT2D eigenvalue weighted by molar-refractivity contribution is 0.432. The maximum absolute atomic E-state index is 4.01. The van der Waals surface area contributed by atoms with Gasteiger partial charge in [-0.05, 0) is 12.2 Å². The van der Waals surface area contributed by atoms with E-state index >= 15 is 0 Å². The van der Waals surface area contributed by atoms with Crippen molar-refractivity contribution in [2.45, 2.75) is 0 Å². The Morgan fingerprint density at radius 1 is 1.50 bits per heavy atom. The van der Waals surface area contributed by atoms with E-state index in [0.29, 0.717) is 0 Å². The molecule has 0 aromatic carbocycles. The first-order valence-electron chi connectivity index (χ1n) is 3.09. The van der Waals surface area contributed by atoms with E-state index in [9.17, 15) is 0 Å². The zero-order valence-corrected chi connectivity index (χ0v) is 5.36. The monoisotopic (exact) mass is 133 g/mol. The Hall–Kier alpha value is -1.51. The van der Waals surface area contributed by atoms with E-state index in [4.69, 9.17) is 0 Å². The first-order valence-corrected chi connectivity index (χ1v) is 3.09. The smallest absolute Gasteiger partial charge is 0.0820 e. The number of hydrogen-bond donors (Lipinski definition) is 1. The number of nitrogens with zero attached hydrogens (tertiary/aromatic N) is 2. The molecule has 10 heavy (non-hydrogen) atoms. The summed E-state index contributed by atoms with van der Waals surface area (Å²) in [6, 6.07) is 0. The third-order valence-electron chi connectivity index (χ3n) is 1.36. The number of fused-ring (bicyclic) bond motifs is 1. The standard InChI is InChI=1S/C7H7N3/c1-3-8-6-7-2-4-9-10(7)5-1/h1-6,9H. The van der Waals surface area contributed by atoms with Crippen molar-refractivity contribution in [1.82, 2.24) is 10.4 Å². The molecule has 0 spiro atoms. The first-order chi connectivity index (χ1) is 4.97. The van der Waals surface area contributed by atoms with Gasteiger partial charge in [0.15, 0.2) is 0 Å². The zero-order valence-electron chi connectivity index (χ0n) is 5.36. The summed E-state index contributed by atoms with van der Waals surface area (Å²) in [5.74, 6) is 0.